The van der Waals surface area contributed by atoms with Crippen molar-refractivity contribution in [2.45, 2.75) is 51.3 Å². The van der Waals surface area contributed by atoms with Crippen molar-refractivity contribution in [3.63, 3.8) is 0 Å². The lowest BCUT2D eigenvalue weighted by molar-refractivity contribution is 0.0458. The summed E-state index contributed by atoms with van der Waals surface area (Å²) in [6.07, 6.45) is 7.16. The molecule has 1 N–H and O–H groups in total. The molecule has 2 fully saturated rings. The Balaban J connectivity index is 1.66. The molecule has 116 valence electrons. The minimum atomic E-state index is 0.426. The number of anilines is 1. The van der Waals surface area contributed by atoms with Gasteiger partial charge >= 0.3 is 0 Å². The fraction of sp³-hybridized carbons (Fsp3) is 0.688. The maximum absolute atomic E-state index is 5.74. The van der Waals surface area contributed by atoms with Gasteiger partial charge in [-0.3, -0.25) is 0 Å². The number of nitrogens with one attached hydrogen (secondary N) is 1. The van der Waals surface area contributed by atoms with Gasteiger partial charge in [-0.15, -0.1) is 0 Å². The van der Waals surface area contributed by atoms with Crippen LogP contribution in [0.2, 0.25) is 0 Å². The van der Waals surface area contributed by atoms with Gasteiger partial charge in [-0.1, -0.05) is 0 Å². The van der Waals surface area contributed by atoms with E-state index in [2.05, 4.69) is 44.1 Å². The fourth-order valence-corrected chi connectivity index (χ4v) is 3.28. The highest BCUT2D eigenvalue weighted by molar-refractivity contribution is 9.10. The summed E-state index contributed by atoms with van der Waals surface area (Å²) in [5.41, 5.74) is 1.30. The van der Waals surface area contributed by atoms with Crippen molar-refractivity contribution in [1.82, 2.24) is 10.3 Å². The van der Waals surface area contributed by atoms with Crippen LogP contribution in [0.15, 0.2) is 16.7 Å². The van der Waals surface area contributed by atoms with E-state index in [1.807, 2.05) is 6.20 Å². The Morgan fingerprint density at radius 1 is 1.33 bits per heavy atom. The summed E-state index contributed by atoms with van der Waals surface area (Å²) in [6, 6.07) is 2.92. The van der Waals surface area contributed by atoms with Gasteiger partial charge in [0.2, 0.25) is 0 Å². The van der Waals surface area contributed by atoms with Crippen molar-refractivity contribution in [1.29, 1.82) is 0 Å². The third-order valence-electron chi connectivity index (χ3n) is 4.21. The smallest absolute Gasteiger partial charge is 0.133 e. The number of halogens is 1. The molecule has 1 aromatic rings. The molecule has 2 aliphatic rings. The van der Waals surface area contributed by atoms with Gasteiger partial charge in [-0.05, 0) is 54.6 Å². The van der Waals surface area contributed by atoms with Gasteiger partial charge in [-0.2, -0.15) is 0 Å². The highest BCUT2D eigenvalue weighted by Crippen LogP contribution is 2.27. The molecule has 4 nitrogen and oxygen atoms in total. The molecule has 3 rings (SSSR count). The highest BCUT2D eigenvalue weighted by atomic mass is 79.9. The van der Waals surface area contributed by atoms with Gasteiger partial charge in [0, 0.05) is 48.5 Å². The van der Waals surface area contributed by atoms with Crippen LogP contribution in [0.1, 0.15) is 38.2 Å². The molecule has 5 heteroatoms. The first-order valence-electron chi connectivity index (χ1n) is 8.00. The second-order valence-electron chi connectivity index (χ2n) is 5.93. The lowest BCUT2D eigenvalue weighted by Gasteiger charge is -2.33. The van der Waals surface area contributed by atoms with Gasteiger partial charge in [0.05, 0.1) is 6.10 Å². The van der Waals surface area contributed by atoms with Crippen molar-refractivity contribution in [3.05, 3.63) is 22.3 Å². The average Bonchev–Trinajstić information content (AvgIpc) is 3.31. The molecule has 0 radical (unpaired) electrons. The summed E-state index contributed by atoms with van der Waals surface area (Å²) in [5.74, 6) is 1.14. The zero-order valence-corrected chi connectivity index (χ0v) is 14.2. The molecule has 1 saturated carbocycles. The fourth-order valence-electron chi connectivity index (χ4n) is 2.90. The number of hydrogen-bond donors (Lipinski definition) is 1. The first-order valence-corrected chi connectivity index (χ1v) is 8.80. The molecule has 0 amide bonds. The molecule has 1 aliphatic carbocycles. The van der Waals surface area contributed by atoms with Gasteiger partial charge in [-0.25, -0.2) is 4.98 Å². The zero-order valence-electron chi connectivity index (χ0n) is 12.6. The monoisotopic (exact) mass is 353 g/mol. The number of hydrogen-bond acceptors (Lipinski definition) is 4. The van der Waals surface area contributed by atoms with Gasteiger partial charge < -0.3 is 15.0 Å². The standard InChI is InChI=1S/C16H24BrN3O/c1-2-21-15-5-7-20(8-6-15)16-12(9-13(17)11-19-16)10-18-14-3-4-14/h9,11,14-15,18H,2-8,10H2,1H3. The summed E-state index contributed by atoms with van der Waals surface area (Å²) in [5, 5.41) is 3.60. The summed E-state index contributed by atoms with van der Waals surface area (Å²) < 4.78 is 6.80. The predicted molar refractivity (Wildman–Crippen MR) is 88.7 cm³/mol. The number of pyridine rings is 1. The van der Waals surface area contributed by atoms with Crippen LogP contribution in [0, 0.1) is 0 Å². The Bertz CT molecular complexity index is 471. The number of nitrogens with zero attached hydrogens (tertiary/aromatic N) is 2. The lowest BCUT2D eigenvalue weighted by atomic mass is 10.1. The summed E-state index contributed by atoms with van der Waals surface area (Å²) in [6.45, 7) is 5.88. The van der Waals surface area contributed by atoms with Crippen LogP contribution < -0.4 is 10.2 Å². The van der Waals surface area contributed by atoms with Crippen molar-refractivity contribution in [2.75, 3.05) is 24.6 Å². The van der Waals surface area contributed by atoms with Gasteiger partial charge in [0.25, 0.3) is 0 Å². The average molecular weight is 354 g/mol. The maximum atomic E-state index is 5.74. The van der Waals surface area contributed by atoms with Crippen LogP contribution in [-0.4, -0.2) is 36.8 Å². The zero-order chi connectivity index (χ0) is 14.7. The Morgan fingerprint density at radius 2 is 2.10 bits per heavy atom. The van der Waals surface area contributed by atoms with E-state index in [-0.39, 0.29) is 0 Å². The van der Waals surface area contributed by atoms with Crippen molar-refractivity contribution in [3.8, 4) is 0 Å². The molecule has 0 atom stereocenters. The van der Waals surface area contributed by atoms with Gasteiger partial charge in [0.1, 0.15) is 5.82 Å². The van der Waals surface area contributed by atoms with Crippen LogP contribution >= 0.6 is 15.9 Å². The summed E-state index contributed by atoms with van der Waals surface area (Å²) in [4.78, 5) is 7.08. The second kappa shape index (κ2) is 7.07. The second-order valence-corrected chi connectivity index (χ2v) is 6.85. The van der Waals surface area contributed by atoms with Crippen LogP contribution in [0.4, 0.5) is 5.82 Å². The first kappa shape index (κ1) is 15.3. The minimum absolute atomic E-state index is 0.426. The molecular weight excluding hydrogens is 330 g/mol. The van der Waals surface area contributed by atoms with Gasteiger partial charge in [0.15, 0.2) is 0 Å². The molecular formula is C16H24BrN3O. The normalized spacial score (nSPS) is 20.0. The topological polar surface area (TPSA) is 37.4 Å². The van der Waals surface area contributed by atoms with Crippen LogP contribution in [0.25, 0.3) is 0 Å². The third-order valence-corrected chi connectivity index (χ3v) is 4.65. The summed E-state index contributed by atoms with van der Waals surface area (Å²) in [7, 11) is 0. The molecule has 1 aliphatic heterocycles. The minimum Gasteiger partial charge on any atom is -0.378 e. The van der Waals surface area contributed by atoms with Crippen LogP contribution in [-0.2, 0) is 11.3 Å². The van der Waals surface area contributed by atoms with Crippen molar-refractivity contribution >= 4 is 21.7 Å². The Hall–Kier alpha value is -0.650. The van der Waals surface area contributed by atoms with Crippen molar-refractivity contribution in [2.24, 2.45) is 0 Å². The molecule has 0 unspecified atom stereocenters. The highest BCUT2D eigenvalue weighted by Gasteiger charge is 2.24. The van der Waals surface area contributed by atoms with E-state index in [0.717, 1.165) is 55.4 Å². The van der Waals surface area contributed by atoms with E-state index >= 15 is 0 Å². The van der Waals surface area contributed by atoms with E-state index in [4.69, 9.17) is 4.74 Å². The van der Waals surface area contributed by atoms with E-state index < -0.39 is 0 Å². The molecule has 0 spiro atoms. The predicted octanol–water partition coefficient (Wildman–Crippen LogP) is 3.10. The number of rotatable bonds is 6. The van der Waals surface area contributed by atoms with E-state index in [1.165, 1.54) is 18.4 Å². The Kier molecular flexibility index (Phi) is 5.14. The first-order chi connectivity index (χ1) is 10.3. The molecule has 1 saturated heterocycles. The largest absolute Gasteiger partial charge is 0.378 e. The molecule has 21 heavy (non-hydrogen) atoms. The lowest BCUT2D eigenvalue weighted by Crippen LogP contribution is -2.38. The third kappa shape index (κ3) is 4.18. The molecule has 0 bridgehead atoms. The van der Waals surface area contributed by atoms with Crippen LogP contribution in [0.3, 0.4) is 0 Å². The Morgan fingerprint density at radius 3 is 2.76 bits per heavy atom. The SMILES string of the molecule is CCOC1CCN(c2ncc(Br)cc2CNC2CC2)CC1. The van der Waals surface area contributed by atoms with E-state index in [1.54, 1.807) is 0 Å². The van der Waals surface area contributed by atoms with E-state index in [9.17, 15) is 0 Å². The van der Waals surface area contributed by atoms with Crippen LogP contribution in [0.5, 0.6) is 0 Å². The molecule has 2 heterocycles. The molecule has 1 aromatic heterocycles. The quantitative estimate of drug-likeness (QED) is 0.852. The summed E-state index contributed by atoms with van der Waals surface area (Å²) >= 11 is 3.54. The molecule has 0 aromatic carbocycles. The van der Waals surface area contributed by atoms with E-state index in [0.29, 0.717) is 6.10 Å². The number of ether oxygens (including phenoxy) is 1. The maximum Gasteiger partial charge on any atom is 0.133 e. The Labute approximate surface area is 135 Å². The van der Waals surface area contributed by atoms with Crippen molar-refractivity contribution < 1.29 is 4.74 Å². The number of aromatic nitrogens is 1. The number of piperidine rings is 1.